The van der Waals surface area contributed by atoms with Gasteiger partial charge in [0.25, 0.3) is 0 Å². The lowest BCUT2D eigenvalue weighted by molar-refractivity contribution is 0.0929. The number of hydrogen-bond acceptors (Lipinski definition) is 4. The molecule has 1 heterocycles. The summed E-state index contributed by atoms with van der Waals surface area (Å²) in [7, 11) is 0. The maximum Gasteiger partial charge on any atom is 0.307 e. The number of halogens is 1. The van der Waals surface area contributed by atoms with Crippen LogP contribution in [0.1, 0.15) is 27.2 Å². The van der Waals surface area contributed by atoms with Crippen molar-refractivity contribution < 1.29 is 13.9 Å². The molecule has 3 aromatic carbocycles. The Labute approximate surface area is 178 Å². The van der Waals surface area contributed by atoms with Crippen LogP contribution in [0.15, 0.2) is 82.3 Å². The van der Waals surface area contributed by atoms with Crippen molar-refractivity contribution in [3.63, 3.8) is 0 Å². The second kappa shape index (κ2) is 8.84. The van der Waals surface area contributed by atoms with Crippen LogP contribution in [0.5, 0.6) is 5.75 Å². The van der Waals surface area contributed by atoms with E-state index in [9.17, 15) is 4.79 Å². The molecule has 150 valence electrons. The maximum atomic E-state index is 12.2. The molecule has 0 saturated heterocycles. The summed E-state index contributed by atoms with van der Waals surface area (Å²) in [5.41, 5.74) is 6.22. The van der Waals surface area contributed by atoms with E-state index in [4.69, 9.17) is 20.8 Å². The zero-order valence-electron chi connectivity index (χ0n) is 16.3. The molecule has 1 N–H and O–H groups in total. The summed E-state index contributed by atoms with van der Waals surface area (Å²) in [4.78, 5) is 12.2. The quantitative estimate of drug-likeness (QED) is 0.321. The second-order valence-electron chi connectivity index (χ2n) is 6.84. The van der Waals surface area contributed by atoms with Crippen LogP contribution in [0, 0.1) is 6.92 Å². The number of amides is 1. The van der Waals surface area contributed by atoms with E-state index in [1.165, 1.54) is 5.56 Å². The van der Waals surface area contributed by atoms with Crippen molar-refractivity contribution in [3.05, 3.63) is 100 Å². The summed E-state index contributed by atoms with van der Waals surface area (Å²) in [6.45, 7) is 2.56. The summed E-state index contributed by atoms with van der Waals surface area (Å²) in [6, 6.07) is 22.5. The molecule has 5 nitrogen and oxygen atoms in total. The number of furan rings is 1. The molecule has 4 rings (SSSR count). The number of ether oxygens (including phenoxy) is 1. The second-order valence-corrected chi connectivity index (χ2v) is 7.27. The zero-order valence-corrected chi connectivity index (χ0v) is 17.0. The number of carbonyl (C=O) groups is 1. The van der Waals surface area contributed by atoms with Gasteiger partial charge in [0.05, 0.1) is 6.21 Å². The number of hydrogen-bond donors (Lipinski definition) is 1. The highest BCUT2D eigenvalue weighted by Crippen LogP contribution is 2.23. The first-order valence-corrected chi connectivity index (χ1v) is 9.75. The monoisotopic (exact) mass is 418 g/mol. The molecule has 0 aliphatic rings. The minimum Gasteiger partial charge on any atom is -0.489 e. The van der Waals surface area contributed by atoms with E-state index < -0.39 is 5.91 Å². The van der Waals surface area contributed by atoms with Gasteiger partial charge in [-0.2, -0.15) is 5.10 Å². The summed E-state index contributed by atoms with van der Waals surface area (Å²) in [5, 5.41) is 5.33. The van der Waals surface area contributed by atoms with Gasteiger partial charge in [0.2, 0.25) is 0 Å². The third-order valence-electron chi connectivity index (χ3n) is 4.49. The molecular formula is C24H19ClN2O3. The number of hydrazone groups is 1. The molecule has 0 aliphatic heterocycles. The Morgan fingerprint density at radius 3 is 2.60 bits per heavy atom. The van der Waals surface area contributed by atoms with Crippen LogP contribution in [0.2, 0.25) is 5.02 Å². The third-order valence-corrected chi connectivity index (χ3v) is 4.72. The Bertz CT molecular complexity index is 1200. The van der Waals surface area contributed by atoms with Gasteiger partial charge in [0, 0.05) is 10.4 Å². The SMILES string of the molecule is Cc1ccc(COc2ccc(/C=N/NC(=O)c3cc4cc(Cl)ccc4o3)cc2)cc1. The highest BCUT2D eigenvalue weighted by Gasteiger charge is 2.11. The average molecular weight is 419 g/mol. The summed E-state index contributed by atoms with van der Waals surface area (Å²) < 4.78 is 11.3. The average Bonchev–Trinajstić information content (AvgIpc) is 3.17. The van der Waals surface area contributed by atoms with E-state index in [0.29, 0.717) is 17.2 Å². The lowest BCUT2D eigenvalue weighted by Gasteiger charge is -2.06. The Morgan fingerprint density at radius 2 is 1.83 bits per heavy atom. The lowest BCUT2D eigenvalue weighted by Crippen LogP contribution is -2.16. The maximum absolute atomic E-state index is 12.2. The van der Waals surface area contributed by atoms with Crippen LogP contribution in [0.3, 0.4) is 0 Å². The zero-order chi connectivity index (χ0) is 20.9. The molecule has 30 heavy (non-hydrogen) atoms. The van der Waals surface area contributed by atoms with Crippen molar-refractivity contribution in [1.29, 1.82) is 0 Å². The fourth-order valence-electron chi connectivity index (χ4n) is 2.85. The van der Waals surface area contributed by atoms with Crippen LogP contribution < -0.4 is 10.2 Å². The van der Waals surface area contributed by atoms with Gasteiger partial charge >= 0.3 is 5.91 Å². The smallest absolute Gasteiger partial charge is 0.307 e. The third kappa shape index (κ3) is 4.88. The number of benzene rings is 3. The molecule has 1 aromatic heterocycles. The van der Waals surface area contributed by atoms with Crippen LogP contribution in [-0.4, -0.2) is 12.1 Å². The van der Waals surface area contributed by atoms with Gasteiger partial charge in [-0.15, -0.1) is 0 Å². The first-order chi connectivity index (χ1) is 14.6. The van der Waals surface area contributed by atoms with Gasteiger partial charge in [0.1, 0.15) is 17.9 Å². The van der Waals surface area contributed by atoms with Crippen molar-refractivity contribution in [1.82, 2.24) is 5.43 Å². The fourth-order valence-corrected chi connectivity index (χ4v) is 3.03. The Morgan fingerprint density at radius 1 is 1.07 bits per heavy atom. The molecule has 0 bridgehead atoms. The molecule has 0 spiro atoms. The normalized spacial score (nSPS) is 11.1. The minimum absolute atomic E-state index is 0.171. The molecule has 4 aromatic rings. The lowest BCUT2D eigenvalue weighted by atomic mass is 10.2. The summed E-state index contributed by atoms with van der Waals surface area (Å²) in [5.74, 6) is 0.499. The van der Waals surface area contributed by atoms with Crippen LogP contribution in [0.4, 0.5) is 0 Å². The van der Waals surface area contributed by atoms with E-state index in [2.05, 4.69) is 41.7 Å². The molecular weight excluding hydrogens is 400 g/mol. The molecule has 0 saturated carbocycles. The van der Waals surface area contributed by atoms with Gasteiger partial charge in [0.15, 0.2) is 5.76 Å². The van der Waals surface area contributed by atoms with E-state index in [-0.39, 0.29) is 5.76 Å². The van der Waals surface area contributed by atoms with Crippen molar-refractivity contribution in [2.45, 2.75) is 13.5 Å². The van der Waals surface area contributed by atoms with Gasteiger partial charge < -0.3 is 9.15 Å². The van der Waals surface area contributed by atoms with Crippen molar-refractivity contribution in [3.8, 4) is 5.75 Å². The summed E-state index contributed by atoms with van der Waals surface area (Å²) in [6.07, 6.45) is 1.56. The van der Waals surface area contributed by atoms with E-state index in [0.717, 1.165) is 22.3 Å². The van der Waals surface area contributed by atoms with E-state index >= 15 is 0 Å². The van der Waals surface area contributed by atoms with Gasteiger partial charge in [-0.3, -0.25) is 4.79 Å². The van der Waals surface area contributed by atoms with Crippen LogP contribution in [0.25, 0.3) is 11.0 Å². The fraction of sp³-hybridized carbons (Fsp3) is 0.0833. The first-order valence-electron chi connectivity index (χ1n) is 9.38. The molecule has 0 radical (unpaired) electrons. The molecule has 0 atom stereocenters. The standard InChI is InChI=1S/C24H19ClN2O3/c1-16-2-4-18(5-3-16)15-29-21-9-6-17(7-10-21)14-26-27-24(28)23-13-19-12-20(25)8-11-22(19)30-23/h2-14H,15H2,1H3,(H,27,28)/b26-14+. The Balaban J connectivity index is 1.32. The molecule has 6 heteroatoms. The van der Waals surface area contributed by atoms with Crippen molar-refractivity contribution in [2.75, 3.05) is 0 Å². The highest BCUT2D eigenvalue weighted by atomic mass is 35.5. The highest BCUT2D eigenvalue weighted by molar-refractivity contribution is 6.31. The van der Waals surface area contributed by atoms with Crippen molar-refractivity contribution in [2.24, 2.45) is 5.10 Å². The number of aryl methyl sites for hydroxylation is 1. The minimum atomic E-state index is -0.434. The van der Waals surface area contributed by atoms with E-state index in [1.807, 2.05) is 24.3 Å². The largest absolute Gasteiger partial charge is 0.489 e. The summed E-state index contributed by atoms with van der Waals surface area (Å²) >= 11 is 5.95. The number of nitrogens with one attached hydrogen (secondary N) is 1. The Kier molecular flexibility index (Phi) is 5.82. The Hall–Kier alpha value is -3.57. The molecule has 0 unspecified atom stereocenters. The first kappa shape index (κ1) is 19.7. The predicted molar refractivity (Wildman–Crippen MR) is 118 cm³/mol. The van der Waals surface area contributed by atoms with Crippen molar-refractivity contribution >= 4 is 34.7 Å². The number of carbonyl (C=O) groups excluding carboxylic acids is 1. The van der Waals surface area contributed by atoms with Crippen LogP contribution >= 0.6 is 11.6 Å². The van der Waals surface area contributed by atoms with E-state index in [1.54, 1.807) is 30.5 Å². The van der Waals surface area contributed by atoms with Gasteiger partial charge in [-0.1, -0.05) is 41.4 Å². The molecule has 0 aliphatic carbocycles. The number of nitrogens with zero attached hydrogens (tertiary/aromatic N) is 1. The molecule has 0 fully saturated rings. The number of fused-ring (bicyclic) bond motifs is 1. The number of rotatable bonds is 6. The van der Waals surface area contributed by atoms with Gasteiger partial charge in [-0.05, 0) is 66.6 Å². The van der Waals surface area contributed by atoms with Gasteiger partial charge in [-0.25, -0.2) is 5.43 Å². The molecule has 1 amide bonds. The topological polar surface area (TPSA) is 63.8 Å². The predicted octanol–water partition coefficient (Wildman–Crippen LogP) is 5.74. The van der Waals surface area contributed by atoms with Crippen LogP contribution in [-0.2, 0) is 6.61 Å².